The van der Waals surface area contributed by atoms with E-state index in [2.05, 4.69) is 10.2 Å². The van der Waals surface area contributed by atoms with Crippen molar-refractivity contribution in [2.45, 2.75) is 51.7 Å². The van der Waals surface area contributed by atoms with Gasteiger partial charge in [0.2, 0.25) is 5.91 Å². The first-order valence-electron chi connectivity index (χ1n) is 8.88. The van der Waals surface area contributed by atoms with Gasteiger partial charge in [0.25, 0.3) is 0 Å². The monoisotopic (exact) mass is 366 g/mol. The number of morpholine rings is 1. The van der Waals surface area contributed by atoms with Crippen molar-refractivity contribution in [2.75, 3.05) is 32.1 Å². The molecule has 0 spiro atoms. The molecule has 0 bridgehead atoms. The van der Waals surface area contributed by atoms with Gasteiger partial charge in [-0.3, -0.25) is 9.69 Å². The average Bonchev–Trinajstić information content (AvgIpc) is 2.90. The number of anilines is 1. The molecule has 0 saturated carbocycles. The summed E-state index contributed by atoms with van der Waals surface area (Å²) in [4.78, 5) is 28.1. The molecule has 1 aliphatic heterocycles. The Balaban J connectivity index is 1.72. The van der Waals surface area contributed by atoms with Crippen molar-refractivity contribution in [1.29, 1.82) is 0 Å². The molecule has 7 heteroatoms. The molecule has 1 saturated heterocycles. The predicted molar refractivity (Wildman–Crippen MR) is 97.4 cm³/mol. The van der Waals surface area contributed by atoms with Gasteiger partial charge < -0.3 is 14.8 Å². The molecular formula is C18H26N2O4S. The molecule has 1 aliphatic carbocycles. The molecule has 138 valence electrons. The third-order valence-electron chi connectivity index (χ3n) is 4.68. The van der Waals surface area contributed by atoms with Crippen LogP contribution in [0.4, 0.5) is 5.00 Å². The Morgan fingerprint density at radius 1 is 1.24 bits per heavy atom. The molecular weight excluding hydrogens is 340 g/mol. The van der Waals surface area contributed by atoms with Gasteiger partial charge in [-0.05, 0) is 45.1 Å². The molecule has 1 N–H and O–H groups in total. The second-order valence-corrected chi connectivity index (χ2v) is 8.01. The predicted octanol–water partition coefficient (Wildman–Crippen LogP) is 2.46. The second kappa shape index (κ2) is 7.85. The number of aryl methyl sites for hydroxylation is 1. The number of methoxy groups -OCH3 is 1. The first-order valence-corrected chi connectivity index (χ1v) is 9.70. The Kier molecular flexibility index (Phi) is 5.76. The van der Waals surface area contributed by atoms with Crippen LogP contribution in [0.5, 0.6) is 0 Å². The van der Waals surface area contributed by atoms with Gasteiger partial charge in [0, 0.05) is 18.0 Å². The molecule has 0 radical (unpaired) electrons. The standard InChI is InChI=1S/C18H26N2O4S/c1-11-8-20(9-12(2)24-11)10-15(21)19-17-16(18(22)23-3)13-6-4-5-7-14(13)25-17/h11-12H,4-10H2,1-3H3,(H,19,21)/t11-,12-/m0/s1. The molecule has 0 unspecified atom stereocenters. The Morgan fingerprint density at radius 2 is 1.92 bits per heavy atom. The summed E-state index contributed by atoms with van der Waals surface area (Å²) in [5.41, 5.74) is 1.62. The average molecular weight is 366 g/mol. The molecule has 1 amide bonds. The van der Waals surface area contributed by atoms with Crippen LogP contribution in [0.15, 0.2) is 0 Å². The minimum Gasteiger partial charge on any atom is -0.465 e. The summed E-state index contributed by atoms with van der Waals surface area (Å²) in [6, 6.07) is 0. The lowest BCUT2D eigenvalue weighted by Crippen LogP contribution is -2.48. The number of carbonyl (C=O) groups excluding carboxylic acids is 2. The van der Waals surface area contributed by atoms with Crippen molar-refractivity contribution in [1.82, 2.24) is 4.90 Å². The van der Waals surface area contributed by atoms with E-state index in [1.165, 1.54) is 23.3 Å². The molecule has 1 fully saturated rings. The molecule has 1 aromatic heterocycles. The highest BCUT2D eigenvalue weighted by molar-refractivity contribution is 7.17. The van der Waals surface area contributed by atoms with Crippen LogP contribution in [0.25, 0.3) is 0 Å². The van der Waals surface area contributed by atoms with Crippen molar-refractivity contribution >= 4 is 28.2 Å². The number of hydrogen-bond donors (Lipinski definition) is 1. The van der Waals surface area contributed by atoms with Crippen molar-refractivity contribution < 1.29 is 19.1 Å². The van der Waals surface area contributed by atoms with Crippen molar-refractivity contribution in [3.05, 3.63) is 16.0 Å². The van der Waals surface area contributed by atoms with Crippen molar-refractivity contribution in [3.8, 4) is 0 Å². The van der Waals surface area contributed by atoms with Crippen molar-refractivity contribution in [3.63, 3.8) is 0 Å². The summed E-state index contributed by atoms with van der Waals surface area (Å²) < 4.78 is 10.7. The smallest absolute Gasteiger partial charge is 0.341 e. The van der Waals surface area contributed by atoms with Crippen LogP contribution in [-0.2, 0) is 27.1 Å². The third-order valence-corrected chi connectivity index (χ3v) is 5.88. The summed E-state index contributed by atoms with van der Waals surface area (Å²) in [5, 5.41) is 3.59. The van der Waals surface area contributed by atoms with Gasteiger partial charge in [-0.25, -0.2) is 4.79 Å². The molecule has 25 heavy (non-hydrogen) atoms. The largest absolute Gasteiger partial charge is 0.465 e. The Morgan fingerprint density at radius 3 is 2.60 bits per heavy atom. The van der Waals surface area contributed by atoms with Crippen LogP contribution in [-0.4, -0.2) is 55.7 Å². The molecule has 2 atom stereocenters. The zero-order valence-electron chi connectivity index (χ0n) is 15.1. The zero-order chi connectivity index (χ0) is 18.0. The summed E-state index contributed by atoms with van der Waals surface area (Å²) in [5.74, 6) is -0.451. The van der Waals surface area contributed by atoms with E-state index in [9.17, 15) is 9.59 Å². The summed E-state index contributed by atoms with van der Waals surface area (Å²) in [6.45, 7) is 5.82. The van der Waals surface area contributed by atoms with Crippen LogP contribution in [0.2, 0.25) is 0 Å². The van der Waals surface area contributed by atoms with Gasteiger partial charge in [0.1, 0.15) is 5.00 Å². The van der Waals surface area contributed by atoms with Gasteiger partial charge in [-0.2, -0.15) is 0 Å². The fraction of sp³-hybridized carbons (Fsp3) is 0.667. The fourth-order valence-electron chi connectivity index (χ4n) is 3.75. The fourth-order valence-corrected chi connectivity index (χ4v) is 5.05. The third kappa shape index (κ3) is 4.22. The lowest BCUT2D eigenvalue weighted by Gasteiger charge is -2.34. The van der Waals surface area contributed by atoms with Gasteiger partial charge in [0.15, 0.2) is 0 Å². The minimum atomic E-state index is -0.358. The minimum absolute atomic E-state index is 0.0925. The number of hydrogen-bond acceptors (Lipinski definition) is 6. The van der Waals surface area contributed by atoms with E-state index < -0.39 is 0 Å². The SMILES string of the molecule is COC(=O)c1c(NC(=O)CN2C[C@H](C)O[C@@H](C)C2)sc2c1CCCC2. The van der Waals surface area contributed by atoms with E-state index in [0.717, 1.165) is 44.3 Å². The van der Waals surface area contributed by atoms with Crippen LogP contribution >= 0.6 is 11.3 Å². The van der Waals surface area contributed by atoms with E-state index in [1.54, 1.807) is 0 Å². The number of rotatable bonds is 4. The van der Waals surface area contributed by atoms with Crippen LogP contribution in [0.3, 0.4) is 0 Å². The van der Waals surface area contributed by atoms with E-state index in [4.69, 9.17) is 9.47 Å². The highest BCUT2D eigenvalue weighted by atomic mass is 32.1. The van der Waals surface area contributed by atoms with Gasteiger partial charge in [0.05, 0.1) is 31.4 Å². The maximum Gasteiger partial charge on any atom is 0.341 e. The zero-order valence-corrected chi connectivity index (χ0v) is 15.9. The van der Waals surface area contributed by atoms with Crippen LogP contribution in [0, 0.1) is 0 Å². The molecule has 1 aromatic rings. The Labute approximate surface area is 152 Å². The normalized spacial score (nSPS) is 23.8. The topological polar surface area (TPSA) is 67.9 Å². The number of ether oxygens (including phenoxy) is 2. The number of carbonyl (C=O) groups is 2. The Bertz CT molecular complexity index is 648. The highest BCUT2D eigenvalue weighted by Crippen LogP contribution is 2.38. The first-order chi connectivity index (χ1) is 12.0. The maximum atomic E-state index is 12.5. The number of nitrogens with zero attached hydrogens (tertiary/aromatic N) is 1. The Hall–Kier alpha value is -1.44. The number of esters is 1. The first kappa shape index (κ1) is 18.4. The number of nitrogens with one attached hydrogen (secondary N) is 1. The lowest BCUT2D eigenvalue weighted by molar-refractivity contribution is -0.121. The van der Waals surface area contributed by atoms with Crippen LogP contribution in [0.1, 0.15) is 47.5 Å². The number of thiophene rings is 1. The number of fused-ring (bicyclic) bond motifs is 1. The quantitative estimate of drug-likeness (QED) is 0.829. The lowest BCUT2D eigenvalue weighted by atomic mass is 9.95. The summed E-state index contributed by atoms with van der Waals surface area (Å²) >= 11 is 1.52. The second-order valence-electron chi connectivity index (χ2n) is 6.91. The van der Waals surface area contributed by atoms with Crippen LogP contribution < -0.4 is 5.32 Å². The highest BCUT2D eigenvalue weighted by Gasteiger charge is 2.28. The van der Waals surface area contributed by atoms with Gasteiger partial charge in [-0.1, -0.05) is 0 Å². The van der Waals surface area contributed by atoms with E-state index in [1.807, 2.05) is 13.8 Å². The van der Waals surface area contributed by atoms with E-state index in [0.29, 0.717) is 17.1 Å². The molecule has 2 aliphatic rings. The van der Waals surface area contributed by atoms with E-state index in [-0.39, 0.29) is 24.1 Å². The number of amides is 1. The van der Waals surface area contributed by atoms with E-state index >= 15 is 0 Å². The molecule has 0 aromatic carbocycles. The van der Waals surface area contributed by atoms with Gasteiger partial charge >= 0.3 is 5.97 Å². The molecule has 2 heterocycles. The molecule has 6 nitrogen and oxygen atoms in total. The summed E-state index contributed by atoms with van der Waals surface area (Å²) in [6.07, 6.45) is 4.30. The summed E-state index contributed by atoms with van der Waals surface area (Å²) in [7, 11) is 1.39. The van der Waals surface area contributed by atoms with Crippen molar-refractivity contribution in [2.24, 2.45) is 0 Å². The maximum absolute atomic E-state index is 12.5. The molecule has 3 rings (SSSR count). The van der Waals surface area contributed by atoms with Gasteiger partial charge in [-0.15, -0.1) is 11.3 Å².